The molecule has 2 N–H and O–H groups in total. The van der Waals surface area contributed by atoms with Gasteiger partial charge in [-0.05, 0) is 75.3 Å². The van der Waals surface area contributed by atoms with Crippen LogP contribution in [0, 0.1) is 5.92 Å². The minimum Gasteiger partial charge on any atom is -0.314 e. The molecule has 0 aromatic heterocycles. The first-order valence-corrected chi connectivity index (χ1v) is 9.94. The van der Waals surface area contributed by atoms with E-state index < -0.39 is 0 Å². The maximum atomic E-state index is 4.08. The van der Waals surface area contributed by atoms with Gasteiger partial charge in [0.15, 0.2) is 0 Å². The van der Waals surface area contributed by atoms with Crippen molar-refractivity contribution in [1.82, 2.24) is 10.6 Å². The molecule has 1 heterocycles. The minimum atomic E-state index is 0.766. The molecule has 1 aromatic rings. The van der Waals surface area contributed by atoms with Crippen LogP contribution >= 0.6 is 0 Å². The maximum Gasteiger partial charge on any atom is 0.0113 e. The Morgan fingerprint density at radius 1 is 0.826 bits per heavy atom. The smallest absolute Gasteiger partial charge is 0.0113 e. The van der Waals surface area contributed by atoms with Gasteiger partial charge in [0.1, 0.15) is 0 Å². The van der Waals surface area contributed by atoms with E-state index in [0.29, 0.717) is 0 Å². The molecule has 0 radical (unpaired) electrons. The summed E-state index contributed by atoms with van der Waals surface area (Å²) in [5.41, 5.74) is 1.56. The molecule has 1 aliphatic heterocycles. The number of benzene rings is 1. The maximum absolute atomic E-state index is 4.08. The molecule has 0 bridgehead atoms. The lowest BCUT2D eigenvalue weighted by Gasteiger charge is -2.34. The third kappa shape index (κ3) is 3.64. The second kappa shape index (κ2) is 7.36. The van der Waals surface area contributed by atoms with Crippen LogP contribution in [-0.4, -0.2) is 24.7 Å². The van der Waals surface area contributed by atoms with Crippen LogP contribution in [0.4, 0.5) is 0 Å². The number of hydrogen-bond acceptors (Lipinski definition) is 2. The third-order valence-corrected chi connectivity index (χ3v) is 6.63. The average molecular weight is 313 g/mol. The van der Waals surface area contributed by atoms with Gasteiger partial charge >= 0.3 is 0 Å². The van der Waals surface area contributed by atoms with Crippen molar-refractivity contribution >= 4 is 0 Å². The molecule has 3 unspecified atom stereocenters. The predicted molar refractivity (Wildman–Crippen MR) is 96.7 cm³/mol. The van der Waals surface area contributed by atoms with Gasteiger partial charge in [0, 0.05) is 18.1 Å². The molecule has 2 aliphatic carbocycles. The number of rotatable bonds is 4. The van der Waals surface area contributed by atoms with E-state index in [1.165, 1.54) is 64.3 Å². The van der Waals surface area contributed by atoms with Crippen molar-refractivity contribution in [2.45, 2.75) is 81.8 Å². The lowest BCUT2D eigenvalue weighted by molar-refractivity contribution is 0.259. The molecule has 2 saturated carbocycles. The van der Waals surface area contributed by atoms with Gasteiger partial charge < -0.3 is 10.6 Å². The van der Waals surface area contributed by atoms with E-state index >= 15 is 0 Å². The average Bonchev–Trinajstić information content (AvgIpc) is 3.27. The fourth-order valence-electron chi connectivity index (χ4n) is 5.38. The second-order valence-electron chi connectivity index (χ2n) is 8.03. The lowest BCUT2D eigenvalue weighted by atomic mass is 9.81. The van der Waals surface area contributed by atoms with Gasteiger partial charge in [0.2, 0.25) is 0 Å². The summed E-state index contributed by atoms with van der Waals surface area (Å²) in [5, 5.41) is 7.83. The van der Waals surface area contributed by atoms with Crippen molar-refractivity contribution in [3.05, 3.63) is 35.9 Å². The van der Waals surface area contributed by atoms with Crippen LogP contribution in [-0.2, 0) is 0 Å². The molecule has 1 saturated heterocycles. The van der Waals surface area contributed by atoms with Gasteiger partial charge in [0.05, 0.1) is 0 Å². The van der Waals surface area contributed by atoms with E-state index in [9.17, 15) is 0 Å². The first-order chi connectivity index (χ1) is 11.4. The van der Waals surface area contributed by atoms with Gasteiger partial charge in [-0.25, -0.2) is 0 Å². The Balaban J connectivity index is 1.29. The summed E-state index contributed by atoms with van der Waals surface area (Å²) in [6.07, 6.45) is 12.5. The highest BCUT2D eigenvalue weighted by Crippen LogP contribution is 2.36. The third-order valence-electron chi connectivity index (χ3n) is 6.63. The van der Waals surface area contributed by atoms with Crippen LogP contribution in [0.1, 0.15) is 69.3 Å². The van der Waals surface area contributed by atoms with Gasteiger partial charge in [-0.3, -0.25) is 0 Å². The summed E-state index contributed by atoms with van der Waals surface area (Å²) >= 11 is 0. The highest BCUT2D eigenvalue weighted by molar-refractivity contribution is 5.20. The summed E-state index contributed by atoms with van der Waals surface area (Å²) in [7, 11) is 0. The quantitative estimate of drug-likeness (QED) is 0.869. The van der Waals surface area contributed by atoms with Crippen molar-refractivity contribution in [3.63, 3.8) is 0 Å². The Labute approximate surface area is 141 Å². The summed E-state index contributed by atoms with van der Waals surface area (Å²) < 4.78 is 0. The monoisotopic (exact) mass is 312 g/mol. The summed E-state index contributed by atoms with van der Waals surface area (Å²) in [5.74, 6) is 1.69. The van der Waals surface area contributed by atoms with E-state index in [0.717, 1.165) is 30.0 Å². The van der Waals surface area contributed by atoms with Crippen LogP contribution in [0.3, 0.4) is 0 Å². The lowest BCUT2D eigenvalue weighted by Crippen LogP contribution is -2.47. The molecule has 0 amide bonds. The summed E-state index contributed by atoms with van der Waals surface area (Å²) in [6.45, 7) is 1.25. The first-order valence-electron chi connectivity index (χ1n) is 9.94. The molecule has 3 fully saturated rings. The molecule has 23 heavy (non-hydrogen) atoms. The van der Waals surface area contributed by atoms with Gasteiger partial charge in [-0.2, -0.15) is 0 Å². The Kier molecular flexibility index (Phi) is 5.01. The van der Waals surface area contributed by atoms with Crippen LogP contribution in [0.15, 0.2) is 30.3 Å². The van der Waals surface area contributed by atoms with Crippen LogP contribution < -0.4 is 10.6 Å². The molecule has 0 spiro atoms. The number of hydrogen-bond donors (Lipinski definition) is 2. The molecule has 2 nitrogen and oxygen atoms in total. The van der Waals surface area contributed by atoms with Gasteiger partial charge in [-0.15, -0.1) is 0 Å². The highest BCUT2D eigenvalue weighted by Gasteiger charge is 2.36. The van der Waals surface area contributed by atoms with Gasteiger partial charge in [-0.1, -0.05) is 36.8 Å². The van der Waals surface area contributed by atoms with E-state index in [1.54, 1.807) is 5.56 Å². The fourth-order valence-corrected chi connectivity index (χ4v) is 5.38. The second-order valence-corrected chi connectivity index (χ2v) is 8.03. The van der Waals surface area contributed by atoms with Crippen LogP contribution in [0.25, 0.3) is 0 Å². The van der Waals surface area contributed by atoms with Crippen LogP contribution in [0.2, 0.25) is 0 Å². The Bertz CT molecular complexity index is 472. The Morgan fingerprint density at radius 2 is 1.65 bits per heavy atom. The van der Waals surface area contributed by atoms with Gasteiger partial charge in [0.25, 0.3) is 0 Å². The highest BCUT2D eigenvalue weighted by atomic mass is 15.0. The SMILES string of the molecule is c1ccc(C2CCC(NC3CCCC3C3CCCN3)CC2)cc1. The van der Waals surface area contributed by atoms with Crippen molar-refractivity contribution in [3.8, 4) is 0 Å². The Morgan fingerprint density at radius 3 is 2.39 bits per heavy atom. The molecule has 126 valence electrons. The minimum absolute atomic E-state index is 0.766. The fraction of sp³-hybridized carbons (Fsp3) is 0.714. The Hall–Kier alpha value is -0.860. The van der Waals surface area contributed by atoms with E-state index in [-0.39, 0.29) is 0 Å². The summed E-state index contributed by atoms with van der Waals surface area (Å²) in [4.78, 5) is 0. The van der Waals surface area contributed by atoms with E-state index in [1.807, 2.05) is 0 Å². The molecule has 3 aliphatic rings. The van der Waals surface area contributed by atoms with Crippen molar-refractivity contribution in [2.24, 2.45) is 5.92 Å². The molecule has 1 aromatic carbocycles. The first kappa shape index (κ1) is 15.7. The van der Waals surface area contributed by atoms with Crippen LogP contribution in [0.5, 0.6) is 0 Å². The van der Waals surface area contributed by atoms with Crippen molar-refractivity contribution in [2.75, 3.05) is 6.54 Å². The molecule has 4 rings (SSSR count). The molecule has 3 atom stereocenters. The number of nitrogens with one attached hydrogen (secondary N) is 2. The standard InChI is InChI=1S/C21H32N2/c1-2-6-16(7-3-1)17-11-13-18(14-12-17)23-21-9-4-8-19(21)20-10-5-15-22-20/h1-3,6-7,17-23H,4-5,8-15H2. The normalized spacial score (nSPS) is 38.0. The predicted octanol–water partition coefficient (Wildman–Crippen LogP) is 4.22. The topological polar surface area (TPSA) is 24.1 Å². The van der Waals surface area contributed by atoms with Crippen molar-refractivity contribution < 1.29 is 0 Å². The largest absolute Gasteiger partial charge is 0.314 e. The van der Waals surface area contributed by atoms with Crippen molar-refractivity contribution in [1.29, 1.82) is 0 Å². The summed E-state index contributed by atoms with van der Waals surface area (Å²) in [6, 6.07) is 13.5. The molecule has 2 heteroatoms. The zero-order chi connectivity index (χ0) is 15.5. The molecular formula is C21H32N2. The molecular weight excluding hydrogens is 280 g/mol. The zero-order valence-electron chi connectivity index (χ0n) is 14.3. The zero-order valence-corrected chi connectivity index (χ0v) is 14.3. The van der Waals surface area contributed by atoms with E-state index in [4.69, 9.17) is 0 Å². The van der Waals surface area contributed by atoms with E-state index in [2.05, 4.69) is 41.0 Å².